The molecule has 2 aromatic rings. The quantitative estimate of drug-likeness (QED) is 0.931. The Labute approximate surface area is 120 Å². The molecule has 1 aliphatic carbocycles. The number of aryl methyl sites for hydroxylation is 3. The molecule has 0 fully saturated rings. The van der Waals surface area contributed by atoms with E-state index in [2.05, 4.69) is 34.8 Å². The summed E-state index contributed by atoms with van der Waals surface area (Å²) in [5.41, 5.74) is 6.23. The van der Waals surface area contributed by atoms with Crippen LogP contribution in [0, 0.1) is 13.8 Å². The summed E-state index contributed by atoms with van der Waals surface area (Å²) >= 11 is 0. The zero-order chi connectivity index (χ0) is 14.1. The van der Waals surface area contributed by atoms with Crippen LogP contribution < -0.4 is 5.32 Å². The van der Waals surface area contributed by atoms with Gasteiger partial charge in [0, 0.05) is 23.5 Å². The van der Waals surface area contributed by atoms with E-state index in [0.717, 1.165) is 30.9 Å². The first kappa shape index (κ1) is 13.3. The van der Waals surface area contributed by atoms with E-state index >= 15 is 0 Å². The number of aromatic nitrogens is 3. The van der Waals surface area contributed by atoms with E-state index in [-0.39, 0.29) is 0 Å². The number of hydrogen-bond donors (Lipinski definition) is 1. The van der Waals surface area contributed by atoms with E-state index in [1.54, 1.807) is 0 Å². The normalized spacial score (nSPS) is 14.3. The minimum absolute atomic E-state index is 0.835. The van der Waals surface area contributed by atoms with Crippen molar-refractivity contribution in [2.24, 2.45) is 0 Å². The van der Waals surface area contributed by atoms with Crippen LogP contribution >= 0.6 is 0 Å². The first-order valence-electron chi connectivity index (χ1n) is 7.38. The lowest BCUT2D eigenvalue weighted by molar-refractivity contribution is 0.651. The van der Waals surface area contributed by atoms with Crippen molar-refractivity contribution in [3.8, 4) is 5.82 Å². The topological polar surface area (TPSA) is 42.7 Å². The molecule has 20 heavy (non-hydrogen) atoms. The molecule has 0 bridgehead atoms. The monoisotopic (exact) mass is 270 g/mol. The van der Waals surface area contributed by atoms with Crippen molar-refractivity contribution in [1.29, 1.82) is 0 Å². The Hall–Kier alpha value is -1.68. The molecule has 0 saturated carbocycles. The summed E-state index contributed by atoms with van der Waals surface area (Å²) in [7, 11) is 1.98. The lowest BCUT2D eigenvalue weighted by Gasteiger charge is -2.18. The highest BCUT2D eigenvalue weighted by Gasteiger charge is 2.19. The molecule has 1 aliphatic rings. The van der Waals surface area contributed by atoms with E-state index in [1.165, 1.54) is 35.4 Å². The molecule has 0 unspecified atom stereocenters. The molecule has 0 amide bonds. The van der Waals surface area contributed by atoms with Gasteiger partial charge in [-0.15, -0.1) is 0 Å². The number of fused-ring (bicyclic) bond motifs is 1. The van der Waals surface area contributed by atoms with Crippen LogP contribution in [0.2, 0.25) is 0 Å². The second-order valence-electron chi connectivity index (χ2n) is 5.63. The Morgan fingerprint density at radius 2 is 2.05 bits per heavy atom. The highest BCUT2D eigenvalue weighted by molar-refractivity contribution is 5.43. The molecule has 0 spiro atoms. The van der Waals surface area contributed by atoms with Crippen LogP contribution in [0.5, 0.6) is 0 Å². The van der Waals surface area contributed by atoms with Gasteiger partial charge in [0.15, 0.2) is 0 Å². The Morgan fingerprint density at radius 1 is 1.25 bits per heavy atom. The van der Waals surface area contributed by atoms with E-state index in [9.17, 15) is 0 Å². The average molecular weight is 270 g/mol. The molecule has 0 saturated heterocycles. The van der Waals surface area contributed by atoms with Gasteiger partial charge >= 0.3 is 0 Å². The van der Waals surface area contributed by atoms with E-state index in [1.807, 2.05) is 13.4 Å². The summed E-state index contributed by atoms with van der Waals surface area (Å²) in [6.07, 6.45) is 6.69. The number of rotatable bonds is 3. The van der Waals surface area contributed by atoms with Crippen LogP contribution in [-0.2, 0) is 19.4 Å². The average Bonchev–Trinajstić information content (AvgIpc) is 2.85. The van der Waals surface area contributed by atoms with Gasteiger partial charge in [-0.3, -0.25) is 4.57 Å². The van der Waals surface area contributed by atoms with Gasteiger partial charge in [-0.2, -0.15) is 0 Å². The van der Waals surface area contributed by atoms with Crippen LogP contribution in [0.25, 0.3) is 5.82 Å². The van der Waals surface area contributed by atoms with Gasteiger partial charge in [0.2, 0.25) is 0 Å². The predicted octanol–water partition coefficient (Wildman–Crippen LogP) is 2.48. The van der Waals surface area contributed by atoms with Crippen molar-refractivity contribution in [3.05, 3.63) is 40.6 Å². The lowest BCUT2D eigenvalue weighted by Crippen LogP contribution is -2.15. The fourth-order valence-corrected chi connectivity index (χ4v) is 3.09. The lowest BCUT2D eigenvalue weighted by atomic mass is 10.0. The molecule has 0 atom stereocenters. The summed E-state index contributed by atoms with van der Waals surface area (Å²) in [5, 5.41) is 3.25. The molecule has 106 valence electrons. The maximum atomic E-state index is 4.79. The maximum absolute atomic E-state index is 4.79. The van der Waals surface area contributed by atoms with Crippen LogP contribution in [0.15, 0.2) is 12.4 Å². The van der Waals surface area contributed by atoms with Gasteiger partial charge in [0.25, 0.3) is 0 Å². The fraction of sp³-hybridized carbons (Fsp3) is 0.500. The smallest absolute Gasteiger partial charge is 0.143 e. The van der Waals surface area contributed by atoms with Crippen molar-refractivity contribution >= 4 is 0 Å². The van der Waals surface area contributed by atoms with Crippen LogP contribution in [0.1, 0.15) is 41.1 Å². The van der Waals surface area contributed by atoms with Crippen LogP contribution in [0.4, 0.5) is 0 Å². The third-order valence-corrected chi connectivity index (χ3v) is 4.07. The fourth-order valence-electron chi connectivity index (χ4n) is 3.09. The molecule has 2 aromatic heterocycles. The van der Waals surface area contributed by atoms with E-state index in [4.69, 9.17) is 4.98 Å². The van der Waals surface area contributed by atoms with Crippen molar-refractivity contribution in [3.63, 3.8) is 0 Å². The van der Waals surface area contributed by atoms with Crippen molar-refractivity contribution in [2.45, 2.75) is 46.1 Å². The molecule has 4 nitrogen and oxygen atoms in total. The highest BCUT2D eigenvalue weighted by Crippen LogP contribution is 2.25. The summed E-state index contributed by atoms with van der Waals surface area (Å²) in [5.74, 6) is 1.05. The molecule has 0 aromatic carbocycles. The molecular formula is C16H22N4. The van der Waals surface area contributed by atoms with Crippen LogP contribution in [-0.4, -0.2) is 21.6 Å². The maximum Gasteiger partial charge on any atom is 0.143 e. The van der Waals surface area contributed by atoms with Gasteiger partial charge in [-0.25, -0.2) is 9.97 Å². The summed E-state index contributed by atoms with van der Waals surface area (Å²) in [6.45, 7) is 5.05. The number of nitrogens with one attached hydrogen (secondary N) is 1. The van der Waals surface area contributed by atoms with E-state index < -0.39 is 0 Å². The van der Waals surface area contributed by atoms with Crippen molar-refractivity contribution in [2.75, 3.05) is 7.05 Å². The van der Waals surface area contributed by atoms with E-state index in [0.29, 0.717) is 0 Å². The highest BCUT2D eigenvalue weighted by atomic mass is 15.1. The molecule has 4 heteroatoms. The van der Waals surface area contributed by atoms with Crippen molar-refractivity contribution < 1.29 is 0 Å². The summed E-state index contributed by atoms with van der Waals surface area (Å²) in [6, 6.07) is 2.15. The molecule has 3 rings (SSSR count). The number of hydrogen-bond acceptors (Lipinski definition) is 3. The first-order chi connectivity index (χ1) is 9.70. The predicted molar refractivity (Wildman–Crippen MR) is 80.2 cm³/mol. The standard InChI is InChI=1S/C16H22N4/c1-11-8-12(2)19-16(13(11)9-17-3)20-10-18-14-6-4-5-7-15(14)20/h8,10,17H,4-7,9H2,1-3H3. The summed E-state index contributed by atoms with van der Waals surface area (Å²) < 4.78 is 2.21. The minimum atomic E-state index is 0.835. The SMILES string of the molecule is CNCc1c(C)cc(C)nc1-n1cnc2c1CCCC2. The molecular weight excluding hydrogens is 248 g/mol. The molecule has 0 aliphatic heterocycles. The Balaban J connectivity index is 2.16. The largest absolute Gasteiger partial charge is 0.316 e. The van der Waals surface area contributed by atoms with Gasteiger partial charge in [-0.05, 0) is 58.2 Å². The second kappa shape index (κ2) is 5.37. The third kappa shape index (κ3) is 2.24. The van der Waals surface area contributed by atoms with Crippen LogP contribution in [0.3, 0.4) is 0 Å². The first-order valence-corrected chi connectivity index (χ1v) is 7.38. The zero-order valence-electron chi connectivity index (χ0n) is 12.5. The second-order valence-corrected chi connectivity index (χ2v) is 5.63. The van der Waals surface area contributed by atoms with Gasteiger partial charge < -0.3 is 5.32 Å². The number of nitrogens with zero attached hydrogens (tertiary/aromatic N) is 3. The Bertz CT molecular complexity index is 628. The number of pyridine rings is 1. The molecule has 0 radical (unpaired) electrons. The molecule has 1 N–H and O–H groups in total. The number of imidazole rings is 1. The van der Waals surface area contributed by atoms with Gasteiger partial charge in [-0.1, -0.05) is 0 Å². The third-order valence-electron chi connectivity index (χ3n) is 4.07. The minimum Gasteiger partial charge on any atom is -0.316 e. The zero-order valence-corrected chi connectivity index (χ0v) is 12.5. The Kier molecular flexibility index (Phi) is 3.57. The van der Waals surface area contributed by atoms with Gasteiger partial charge in [0.05, 0.1) is 5.69 Å². The summed E-state index contributed by atoms with van der Waals surface area (Å²) in [4.78, 5) is 9.38. The Morgan fingerprint density at radius 3 is 2.85 bits per heavy atom. The van der Waals surface area contributed by atoms with Gasteiger partial charge in [0.1, 0.15) is 12.1 Å². The molecule has 2 heterocycles. The van der Waals surface area contributed by atoms with Crippen molar-refractivity contribution in [1.82, 2.24) is 19.9 Å².